The first-order valence-corrected chi connectivity index (χ1v) is 5.80. The van der Waals surface area contributed by atoms with Crippen LogP contribution in [-0.2, 0) is 12.6 Å². The molecule has 0 radical (unpaired) electrons. The van der Waals surface area contributed by atoms with Gasteiger partial charge in [-0.15, -0.1) is 0 Å². The van der Waals surface area contributed by atoms with Crippen LogP contribution in [0.3, 0.4) is 0 Å². The van der Waals surface area contributed by atoms with Crippen molar-refractivity contribution >= 4 is 0 Å². The van der Waals surface area contributed by atoms with Crippen LogP contribution in [0, 0.1) is 5.82 Å². The minimum absolute atomic E-state index is 0.354. The Bertz CT molecular complexity index is 303. The van der Waals surface area contributed by atoms with Crippen LogP contribution < -0.4 is 0 Å². The van der Waals surface area contributed by atoms with Crippen LogP contribution in [0.5, 0.6) is 0 Å². The van der Waals surface area contributed by atoms with Crippen LogP contribution in [0.2, 0.25) is 0 Å². The summed E-state index contributed by atoms with van der Waals surface area (Å²) in [6.45, 7) is 9.68. The van der Waals surface area contributed by atoms with E-state index in [-0.39, 0.29) is 0 Å². The summed E-state index contributed by atoms with van der Waals surface area (Å²) in [5, 5.41) is 0. The lowest BCUT2D eigenvalue weighted by molar-refractivity contribution is -0.137. The molecule has 0 atom stereocenters. The molecule has 100 valence electrons. The topological polar surface area (TPSA) is 0 Å². The van der Waals surface area contributed by atoms with Crippen molar-refractivity contribution in [2.45, 2.75) is 47.2 Å². The van der Waals surface area contributed by atoms with Gasteiger partial charge in [0.2, 0.25) is 0 Å². The second-order valence-corrected chi connectivity index (χ2v) is 2.70. The molecule has 0 amide bonds. The van der Waals surface area contributed by atoms with Gasteiger partial charge in [-0.1, -0.05) is 34.6 Å². The van der Waals surface area contributed by atoms with E-state index >= 15 is 0 Å². The lowest BCUT2D eigenvalue weighted by Crippen LogP contribution is -2.06. The van der Waals surface area contributed by atoms with Gasteiger partial charge in [0, 0.05) is 0 Å². The largest absolute Gasteiger partial charge is 0.416 e. The van der Waals surface area contributed by atoms with Gasteiger partial charge in [0.25, 0.3) is 0 Å². The Hall–Kier alpha value is -1.06. The highest BCUT2D eigenvalue weighted by atomic mass is 19.4. The summed E-state index contributed by atoms with van der Waals surface area (Å²) in [6.07, 6.45) is -4.08. The minimum Gasteiger partial charge on any atom is -0.207 e. The second kappa shape index (κ2) is 9.02. The van der Waals surface area contributed by atoms with Gasteiger partial charge in [-0.3, -0.25) is 0 Å². The predicted octanol–water partition coefficient (Wildman–Crippen LogP) is 5.46. The normalized spacial score (nSPS) is 9.71. The molecule has 1 aromatic rings. The lowest BCUT2D eigenvalue weighted by atomic mass is 10.1. The van der Waals surface area contributed by atoms with Gasteiger partial charge in [0.1, 0.15) is 5.82 Å². The Morgan fingerprint density at radius 3 is 1.76 bits per heavy atom. The molecule has 0 fully saturated rings. The monoisotopic (exact) mass is 252 g/mol. The summed E-state index contributed by atoms with van der Waals surface area (Å²) in [5.41, 5.74) is -0.573. The fourth-order valence-corrected chi connectivity index (χ4v) is 1.02. The Kier molecular flexibility index (Phi) is 9.72. The van der Waals surface area contributed by atoms with E-state index in [1.807, 2.05) is 27.7 Å². The van der Waals surface area contributed by atoms with Gasteiger partial charge >= 0.3 is 6.18 Å². The maximum atomic E-state index is 12.6. The zero-order valence-electron chi connectivity index (χ0n) is 11.0. The maximum absolute atomic E-state index is 12.6. The van der Waals surface area contributed by atoms with Crippen LogP contribution in [0.15, 0.2) is 18.2 Å². The molecule has 0 saturated heterocycles. The van der Waals surface area contributed by atoms with Crippen LogP contribution in [0.1, 0.15) is 45.7 Å². The van der Waals surface area contributed by atoms with Crippen molar-refractivity contribution in [3.8, 4) is 0 Å². The summed E-state index contributed by atoms with van der Waals surface area (Å²) in [7, 11) is 0. The van der Waals surface area contributed by atoms with E-state index in [4.69, 9.17) is 0 Å². The number of rotatable bonds is 1. The Morgan fingerprint density at radius 2 is 1.41 bits per heavy atom. The highest BCUT2D eigenvalue weighted by molar-refractivity contribution is 5.26. The number of alkyl halides is 3. The Labute approximate surface area is 101 Å². The average molecular weight is 252 g/mol. The van der Waals surface area contributed by atoms with Gasteiger partial charge in [0.15, 0.2) is 0 Å². The van der Waals surface area contributed by atoms with Crippen LogP contribution in [-0.4, -0.2) is 0 Å². The zero-order chi connectivity index (χ0) is 14.1. The molecule has 1 aromatic carbocycles. The smallest absolute Gasteiger partial charge is 0.207 e. The highest BCUT2D eigenvalue weighted by Crippen LogP contribution is 2.30. The van der Waals surface area contributed by atoms with Crippen LogP contribution in [0.4, 0.5) is 17.6 Å². The fourth-order valence-electron chi connectivity index (χ4n) is 1.02. The SMILES string of the molecule is CC.CC.CCc1cc(F)cc(C(F)(F)F)c1. The summed E-state index contributed by atoms with van der Waals surface area (Å²) in [5.74, 6) is -0.841. The quantitative estimate of drug-likeness (QED) is 0.582. The number of benzene rings is 1. The van der Waals surface area contributed by atoms with E-state index in [0.717, 1.165) is 12.1 Å². The highest BCUT2D eigenvalue weighted by Gasteiger charge is 2.31. The van der Waals surface area contributed by atoms with Gasteiger partial charge in [0.05, 0.1) is 5.56 Å². The molecule has 1 rings (SSSR count). The molecule has 0 bridgehead atoms. The standard InChI is InChI=1S/C9H8F4.2C2H6/c1-2-6-3-7(9(11,12)13)5-8(10)4-6;2*1-2/h3-5H,2H2,1H3;2*1-2H3. The molecular formula is C13H20F4. The second-order valence-electron chi connectivity index (χ2n) is 2.70. The van der Waals surface area contributed by atoms with Crippen molar-refractivity contribution in [1.29, 1.82) is 0 Å². The van der Waals surface area contributed by atoms with E-state index in [9.17, 15) is 17.6 Å². The molecular weight excluding hydrogens is 232 g/mol. The summed E-state index contributed by atoms with van der Waals surface area (Å²) in [4.78, 5) is 0. The lowest BCUT2D eigenvalue weighted by Gasteiger charge is -2.08. The van der Waals surface area contributed by atoms with Crippen LogP contribution >= 0.6 is 0 Å². The van der Waals surface area contributed by atoms with Crippen molar-refractivity contribution in [3.63, 3.8) is 0 Å². The van der Waals surface area contributed by atoms with Gasteiger partial charge in [-0.05, 0) is 30.2 Å². The van der Waals surface area contributed by atoms with Gasteiger partial charge < -0.3 is 0 Å². The van der Waals surface area contributed by atoms with Crippen molar-refractivity contribution < 1.29 is 17.6 Å². The first-order valence-electron chi connectivity index (χ1n) is 5.80. The number of hydrogen-bond acceptors (Lipinski definition) is 0. The maximum Gasteiger partial charge on any atom is 0.416 e. The number of hydrogen-bond donors (Lipinski definition) is 0. The molecule has 17 heavy (non-hydrogen) atoms. The van der Waals surface area contributed by atoms with Crippen molar-refractivity contribution in [2.75, 3.05) is 0 Å². The average Bonchev–Trinajstić information content (AvgIpc) is 2.32. The summed E-state index contributed by atoms with van der Waals surface area (Å²) >= 11 is 0. The summed E-state index contributed by atoms with van der Waals surface area (Å²) in [6, 6.07) is 2.57. The van der Waals surface area contributed by atoms with Gasteiger partial charge in [-0.25, -0.2) is 4.39 Å². The predicted molar refractivity (Wildman–Crippen MR) is 63.5 cm³/mol. The molecule has 0 aromatic heterocycles. The molecule has 0 aliphatic heterocycles. The third-order valence-corrected chi connectivity index (χ3v) is 1.69. The van der Waals surface area contributed by atoms with Gasteiger partial charge in [-0.2, -0.15) is 13.2 Å². The molecule has 0 unspecified atom stereocenters. The third kappa shape index (κ3) is 6.97. The first kappa shape index (κ1) is 18.3. The molecule has 0 heterocycles. The van der Waals surface area contributed by atoms with Crippen molar-refractivity contribution in [2.24, 2.45) is 0 Å². The first-order chi connectivity index (χ1) is 7.93. The molecule has 0 aliphatic rings. The van der Waals surface area contributed by atoms with E-state index in [0.29, 0.717) is 18.1 Å². The molecule has 0 aliphatic carbocycles. The van der Waals surface area contributed by atoms with E-state index in [1.54, 1.807) is 6.92 Å². The molecule has 4 heteroatoms. The molecule has 0 saturated carbocycles. The van der Waals surface area contributed by atoms with Crippen LogP contribution in [0.25, 0.3) is 0 Å². The number of halogens is 4. The van der Waals surface area contributed by atoms with Crippen molar-refractivity contribution in [1.82, 2.24) is 0 Å². The summed E-state index contributed by atoms with van der Waals surface area (Å²) < 4.78 is 49.0. The molecule has 0 N–H and O–H groups in total. The van der Waals surface area contributed by atoms with E-state index < -0.39 is 17.6 Å². The zero-order valence-corrected chi connectivity index (χ0v) is 11.0. The van der Waals surface area contributed by atoms with Crippen molar-refractivity contribution in [3.05, 3.63) is 35.1 Å². The number of aryl methyl sites for hydroxylation is 1. The Balaban J connectivity index is 0. The fraction of sp³-hybridized carbons (Fsp3) is 0.538. The minimum atomic E-state index is -4.47. The van der Waals surface area contributed by atoms with E-state index in [2.05, 4.69) is 0 Å². The third-order valence-electron chi connectivity index (χ3n) is 1.69. The van der Waals surface area contributed by atoms with E-state index in [1.165, 1.54) is 0 Å². The molecule has 0 nitrogen and oxygen atoms in total. The molecule has 0 spiro atoms. The Morgan fingerprint density at radius 1 is 0.941 bits per heavy atom.